The number of hydrogen-bond donors (Lipinski definition) is 1. The molecule has 0 saturated carbocycles. The van der Waals surface area contributed by atoms with Gasteiger partial charge in [0.15, 0.2) is 0 Å². The Bertz CT molecular complexity index is 1150. The number of benzene rings is 1. The fourth-order valence-corrected chi connectivity index (χ4v) is 5.00. The van der Waals surface area contributed by atoms with Gasteiger partial charge in [0.05, 0.1) is 24.8 Å². The van der Waals surface area contributed by atoms with E-state index in [1.54, 1.807) is 23.2 Å². The van der Waals surface area contributed by atoms with Crippen molar-refractivity contribution in [3.05, 3.63) is 64.7 Å². The van der Waals surface area contributed by atoms with Crippen LogP contribution in [0, 0.1) is 11.7 Å². The van der Waals surface area contributed by atoms with E-state index < -0.39 is 35.5 Å². The van der Waals surface area contributed by atoms with Gasteiger partial charge in [0, 0.05) is 35.0 Å². The van der Waals surface area contributed by atoms with Crippen LogP contribution in [0.3, 0.4) is 0 Å². The van der Waals surface area contributed by atoms with Gasteiger partial charge in [0.2, 0.25) is 5.91 Å². The average Bonchev–Trinajstić information content (AvgIpc) is 3.26. The molecule has 2 aromatic rings. The zero-order valence-electron chi connectivity index (χ0n) is 21.0. The standard InChI is InChI=1S/C27H31F4N3O3/c1-4-19-6-8-23(34(19)26(36)16-9-10-32-22(11-16)15(2)3)25(35)33-24(17-13-37-14-17)20-7-5-18(12-21(20)28)27(29,30)31/h5,7,9-12,15,17,19,23-24H,4,6,8,13-14H2,1-3H3,(H,33,35)/t19-,23-,24?/m1/s1. The molecule has 200 valence electrons. The van der Waals surface area contributed by atoms with Crippen molar-refractivity contribution in [3.8, 4) is 0 Å². The lowest BCUT2D eigenvalue weighted by atomic mass is 9.90. The normalized spacial score (nSPS) is 21.1. The molecule has 1 aromatic carbocycles. The van der Waals surface area contributed by atoms with Crippen LogP contribution in [0.5, 0.6) is 0 Å². The van der Waals surface area contributed by atoms with Crippen LogP contribution >= 0.6 is 0 Å². The van der Waals surface area contributed by atoms with Crippen LogP contribution in [-0.2, 0) is 15.7 Å². The first-order valence-electron chi connectivity index (χ1n) is 12.5. The van der Waals surface area contributed by atoms with Crippen molar-refractivity contribution in [1.82, 2.24) is 15.2 Å². The molecule has 4 rings (SSSR count). The number of aromatic nitrogens is 1. The zero-order valence-corrected chi connectivity index (χ0v) is 21.0. The van der Waals surface area contributed by atoms with Crippen molar-refractivity contribution in [3.63, 3.8) is 0 Å². The van der Waals surface area contributed by atoms with E-state index in [0.717, 1.165) is 17.8 Å². The van der Waals surface area contributed by atoms with E-state index in [1.165, 1.54) is 0 Å². The summed E-state index contributed by atoms with van der Waals surface area (Å²) in [7, 11) is 0. The lowest BCUT2D eigenvalue weighted by Crippen LogP contribution is -2.52. The maximum Gasteiger partial charge on any atom is 0.416 e. The van der Waals surface area contributed by atoms with Crippen LogP contribution in [0.4, 0.5) is 17.6 Å². The van der Waals surface area contributed by atoms with Crippen molar-refractivity contribution in [2.75, 3.05) is 13.2 Å². The molecule has 1 unspecified atom stereocenters. The second kappa shape index (κ2) is 10.8. The van der Waals surface area contributed by atoms with Crippen LogP contribution in [0.15, 0.2) is 36.5 Å². The minimum atomic E-state index is -4.68. The predicted octanol–water partition coefficient (Wildman–Crippen LogP) is 5.25. The quantitative estimate of drug-likeness (QED) is 0.506. The van der Waals surface area contributed by atoms with Crippen LogP contribution < -0.4 is 5.32 Å². The first-order valence-corrected chi connectivity index (χ1v) is 12.5. The smallest absolute Gasteiger partial charge is 0.381 e. The van der Waals surface area contributed by atoms with E-state index >= 15 is 0 Å². The van der Waals surface area contributed by atoms with Crippen molar-refractivity contribution in [2.45, 2.75) is 70.3 Å². The molecule has 2 aliphatic rings. The van der Waals surface area contributed by atoms with Gasteiger partial charge in [0.25, 0.3) is 5.91 Å². The Balaban J connectivity index is 1.60. The molecule has 2 saturated heterocycles. The number of ether oxygens (including phenoxy) is 1. The highest BCUT2D eigenvalue weighted by atomic mass is 19.4. The van der Waals surface area contributed by atoms with Gasteiger partial charge in [-0.15, -0.1) is 0 Å². The Labute approximate surface area is 213 Å². The summed E-state index contributed by atoms with van der Waals surface area (Å²) < 4.78 is 59.2. The summed E-state index contributed by atoms with van der Waals surface area (Å²) in [6, 6.07) is 3.88. The topological polar surface area (TPSA) is 71.5 Å². The second-order valence-corrected chi connectivity index (χ2v) is 10.0. The Morgan fingerprint density at radius 1 is 1.16 bits per heavy atom. The van der Waals surface area contributed by atoms with Gasteiger partial charge in [-0.05, 0) is 49.4 Å². The third kappa shape index (κ3) is 5.63. The molecule has 2 aliphatic heterocycles. The van der Waals surface area contributed by atoms with E-state index in [-0.39, 0.29) is 42.6 Å². The first-order chi connectivity index (χ1) is 17.5. The van der Waals surface area contributed by atoms with Crippen LogP contribution in [-0.4, -0.2) is 47.0 Å². The number of hydrogen-bond acceptors (Lipinski definition) is 4. The third-order valence-corrected chi connectivity index (χ3v) is 7.23. The molecule has 1 aromatic heterocycles. The van der Waals surface area contributed by atoms with Crippen molar-refractivity contribution >= 4 is 11.8 Å². The molecule has 1 N–H and O–H groups in total. The number of carbonyl (C=O) groups excluding carboxylic acids is 2. The van der Waals surface area contributed by atoms with E-state index in [0.29, 0.717) is 30.9 Å². The molecule has 0 spiro atoms. The Morgan fingerprint density at radius 3 is 2.46 bits per heavy atom. The predicted molar refractivity (Wildman–Crippen MR) is 128 cm³/mol. The number of rotatable bonds is 7. The van der Waals surface area contributed by atoms with Crippen molar-refractivity contribution in [1.29, 1.82) is 0 Å². The number of carbonyl (C=O) groups is 2. The molecule has 3 atom stereocenters. The number of pyridine rings is 1. The molecular weight excluding hydrogens is 490 g/mol. The van der Waals surface area contributed by atoms with E-state index in [2.05, 4.69) is 10.3 Å². The summed E-state index contributed by atoms with van der Waals surface area (Å²) in [5, 5.41) is 2.84. The fourth-order valence-electron chi connectivity index (χ4n) is 5.00. The molecule has 2 amide bonds. The van der Waals surface area contributed by atoms with E-state index in [4.69, 9.17) is 4.74 Å². The Morgan fingerprint density at radius 2 is 1.89 bits per heavy atom. The first kappa shape index (κ1) is 27.0. The van der Waals surface area contributed by atoms with Gasteiger partial charge >= 0.3 is 6.18 Å². The van der Waals surface area contributed by atoms with E-state index in [1.807, 2.05) is 20.8 Å². The van der Waals surface area contributed by atoms with E-state index in [9.17, 15) is 27.2 Å². The van der Waals surface area contributed by atoms with Crippen LogP contribution in [0.25, 0.3) is 0 Å². The number of halogens is 4. The third-order valence-electron chi connectivity index (χ3n) is 7.23. The zero-order chi connectivity index (χ0) is 26.9. The molecule has 37 heavy (non-hydrogen) atoms. The number of nitrogens with zero attached hydrogens (tertiary/aromatic N) is 2. The highest BCUT2D eigenvalue weighted by Crippen LogP contribution is 2.36. The summed E-state index contributed by atoms with van der Waals surface area (Å²) >= 11 is 0. The molecule has 3 heterocycles. The maximum absolute atomic E-state index is 14.9. The van der Waals surface area contributed by atoms with Crippen LogP contribution in [0.2, 0.25) is 0 Å². The van der Waals surface area contributed by atoms with Crippen molar-refractivity contribution < 1.29 is 31.9 Å². The average molecular weight is 522 g/mol. The SMILES string of the molecule is CC[C@@H]1CC[C@H](C(=O)NC(c2ccc(C(F)(F)F)cc2F)C2COC2)N1C(=O)c1ccnc(C(C)C)c1. The highest BCUT2D eigenvalue weighted by Gasteiger charge is 2.43. The van der Waals surface area contributed by atoms with Gasteiger partial charge in [0.1, 0.15) is 11.9 Å². The van der Waals surface area contributed by atoms with Crippen LogP contribution in [0.1, 0.15) is 79.2 Å². The lowest BCUT2D eigenvalue weighted by Gasteiger charge is -2.36. The number of nitrogens with one attached hydrogen (secondary N) is 1. The fraction of sp³-hybridized carbons (Fsp3) is 0.519. The highest BCUT2D eigenvalue weighted by molar-refractivity contribution is 5.98. The van der Waals surface area contributed by atoms with Gasteiger partial charge in [-0.25, -0.2) is 4.39 Å². The minimum Gasteiger partial charge on any atom is -0.381 e. The summed E-state index contributed by atoms with van der Waals surface area (Å²) in [4.78, 5) is 33.0. The molecule has 0 bridgehead atoms. The van der Waals surface area contributed by atoms with Gasteiger partial charge < -0.3 is 15.0 Å². The summed E-state index contributed by atoms with van der Waals surface area (Å²) in [5.74, 6) is -1.96. The molecule has 0 radical (unpaired) electrons. The molecular formula is C27H31F4N3O3. The molecule has 2 fully saturated rings. The maximum atomic E-state index is 14.9. The number of alkyl halides is 3. The minimum absolute atomic E-state index is 0.0340. The number of amides is 2. The Kier molecular flexibility index (Phi) is 7.87. The second-order valence-electron chi connectivity index (χ2n) is 10.0. The summed E-state index contributed by atoms with van der Waals surface area (Å²) in [6.45, 7) is 6.38. The summed E-state index contributed by atoms with van der Waals surface area (Å²) in [6.07, 6.45) is -1.38. The van der Waals surface area contributed by atoms with Gasteiger partial charge in [-0.2, -0.15) is 13.2 Å². The largest absolute Gasteiger partial charge is 0.416 e. The van der Waals surface area contributed by atoms with Gasteiger partial charge in [-0.1, -0.05) is 26.8 Å². The lowest BCUT2D eigenvalue weighted by molar-refractivity contribution is -0.138. The van der Waals surface area contributed by atoms with Crippen molar-refractivity contribution in [2.24, 2.45) is 5.92 Å². The molecule has 10 heteroatoms. The Hall–Kier alpha value is -3.01. The number of likely N-dealkylation sites (tertiary alicyclic amines) is 1. The summed E-state index contributed by atoms with van der Waals surface area (Å²) in [5.41, 5.74) is 0.0740. The van der Waals surface area contributed by atoms with Gasteiger partial charge in [-0.3, -0.25) is 14.6 Å². The molecule has 6 nitrogen and oxygen atoms in total. The monoisotopic (exact) mass is 521 g/mol. The molecule has 0 aliphatic carbocycles.